The molecule has 0 radical (unpaired) electrons. The summed E-state index contributed by atoms with van der Waals surface area (Å²) in [5.41, 5.74) is 6.32. The highest BCUT2D eigenvalue weighted by atomic mass is 16.5. The Labute approximate surface area is 145 Å². The van der Waals surface area contributed by atoms with Gasteiger partial charge in [-0.2, -0.15) is 0 Å². The minimum absolute atomic E-state index is 0.0176. The Morgan fingerprint density at radius 3 is 2.28 bits per heavy atom. The van der Waals surface area contributed by atoms with Crippen molar-refractivity contribution in [2.75, 3.05) is 31.1 Å². The van der Waals surface area contributed by atoms with Crippen LogP contribution in [0.2, 0.25) is 0 Å². The van der Waals surface area contributed by atoms with Crippen LogP contribution in [0.25, 0.3) is 0 Å². The van der Waals surface area contributed by atoms with Crippen LogP contribution >= 0.6 is 0 Å². The van der Waals surface area contributed by atoms with Gasteiger partial charge in [0.15, 0.2) is 0 Å². The number of hydrogen-bond donors (Lipinski definition) is 1. The largest absolute Gasteiger partial charge is 0.445 e. The van der Waals surface area contributed by atoms with Gasteiger partial charge in [0.2, 0.25) is 5.95 Å². The molecule has 8 nitrogen and oxygen atoms in total. The van der Waals surface area contributed by atoms with Crippen LogP contribution in [0.4, 0.5) is 10.7 Å². The van der Waals surface area contributed by atoms with Crippen molar-refractivity contribution in [2.45, 2.75) is 6.61 Å². The zero-order chi connectivity index (χ0) is 17.6. The molecule has 1 aliphatic rings. The first kappa shape index (κ1) is 16.7. The SMILES string of the molecule is NC(=O)OCc1ccc(C(=O)N2CCN(c3ncccn3)CC2)cc1. The molecule has 0 aliphatic carbocycles. The fraction of sp³-hybridized carbons (Fsp3) is 0.294. The molecule has 2 amide bonds. The summed E-state index contributed by atoms with van der Waals surface area (Å²) in [6, 6.07) is 8.75. The number of piperazine rings is 1. The molecule has 1 fully saturated rings. The van der Waals surface area contributed by atoms with Crippen LogP contribution in [-0.2, 0) is 11.3 Å². The monoisotopic (exact) mass is 341 g/mol. The van der Waals surface area contributed by atoms with Crippen LogP contribution in [0.3, 0.4) is 0 Å². The van der Waals surface area contributed by atoms with E-state index in [0.29, 0.717) is 37.7 Å². The zero-order valence-electron chi connectivity index (χ0n) is 13.7. The van der Waals surface area contributed by atoms with Crippen LogP contribution in [0.5, 0.6) is 0 Å². The maximum absolute atomic E-state index is 12.6. The van der Waals surface area contributed by atoms with Gasteiger partial charge in [-0.15, -0.1) is 0 Å². The van der Waals surface area contributed by atoms with E-state index in [1.165, 1.54) is 0 Å². The predicted molar refractivity (Wildman–Crippen MR) is 91.0 cm³/mol. The fourth-order valence-electron chi connectivity index (χ4n) is 2.64. The lowest BCUT2D eigenvalue weighted by Gasteiger charge is -2.34. The minimum atomic E-state index is -0.819. The summed E-state index contributed by atoms with van der Waals surface area (Å²) in [5.74, 6) is 0.671. The van der Waals surface area contributed by atoms with Crippen molar-refractivity contribution < 1.29 is 14.3 Å². The number of aromatic nitrogens is 2. The van der Waals surface area contributed by atoms with Gasteiger partial charge in [0, 0.05) is 44.1 Å². The van der Waals surface area contributed by atoms with Gasteiger partial charge in [0.1, 0.15) is 6.61 Å². The number of hydrogen-bond acceptors (Lipinski definition) is 6. The summed E-state index contributed by atoms with van der Waals surface area (Å²) in [7, 11) is 0. The Morgan fingerprint density at radius 1 is 1.04 bits per heavy atom. The smallest absolute Gasteiger partial charge is 0.404 e. The quantitative estimate of drug-likeness (QED) is 0.891. The van der Waals surface area contributed by atoms with Gasteiger partial charge in [0.05, 0.1) is 0 Å². The maximum Gasteiger partial charge on any atom is 0.404 e. The zero-order valence-corrected chi connectivity index (χ0v) is 13.7. The highest BCUT2D eigenvalue weighted by molar-refractivity contribution is 5.94. The molecule has 1 aromatic heterocycles. The van der Waals surface area contributed by atoms with E-state index in [1.807, 2.05) is 4.90 Å². The molecule has 130 valence electrons. The van der Waals surface area contributed by atoms with E-state index < -0.39 is 6.09 Å². The van der Waals surface area contributed by atoms with Gasteiger partial charge < -0.3 is 20.3 Å². The number of primary amides is 1. The lowest BCUT2D eigenvalue weighted by molar-refractivity contribution is 0.0746. The summed E-state index contributed by atoms with van der Waals surface area (Å²) in [5, 5.41) is 0. The molecule has 3 rings (SSSR count). The Kier molecular flexibility index (Phi) is 5.08. The molecule has 2 N–H and O–H groups in total. The first-order valence-corrected chi connectivity index (χ1v) is 7.96. The van der Waals surface area contributed by atoms with Gasteiger partial charge in [-0.3, -0.25) is 4.79 Å². The summed E-state index contributed by atoms with van der Waals surface area (Å²) in [6.07, 6.45) is 2.60. The Balaban J connectivity index is 1.56. The minimum Gasteiger partial charge on any atom is -0.445 e. The average Bonchev–Trinajstić information content (AvgIpc) is 2.67. The van der Waals surface area contributed by atoms with E-state index in [0.717, 1.165) is 5.56 Å². The number of benzene rings is 1. The van der Waals surface area contributed by atoms with Crippen LogP contribution < -0.4 is 10.6 Å². The number of anilines is 1. The second-order valence-corrected chi connectivity index (χ2v) is 5.63. The van der Waals surface area contributed by atoms with Crippen molar-refractivity contribution in [1.29, 1.82) is 0 Å². The lowest BCUT2D eigenvalue weighted by Crippen LogP contribution is -2.49. The summed E-state index contributed by atoms with van der Waals surface area (Å²) >= 11 is 0. The van der Waals surface area contributed by atoms with Crippen molar-refractivity contribution in [1.82, 2.24) is 14.9 Å². The summed E-state index contributed by atoms with van der Waals surface area (Å²) < 4.78 is 4.72. The molecule has 2 aromatic rings. The van der Waals surface area contributed by atoms with Crippen LogP contribution in [0.1, 0.15) is 15.9 Å². The van der Waals surface area contributed by atoms with E-state index in [9.17, 15) is 9.59 Å². The van der Waals surface area contributed by atoms with Crippen molar-refractivity contribution in [3.05, 3.63) is 53.9 Å². The van der Waals surface area contributed by atoms with Crippen molar-refractivity contribution in [2.24, 2.45) is 5.73 Å². The van der Waals surface area contributed by atoms with E-state index >= 15 is 0 Å². The first-order valence-electron chi connectivity index (χ1n) is 7.96. The molecule has 1 aromatic carbocycles. The summed E-state index contributed by atoms with van der Waals surface area (Å²) in [6.45, 7) is 2.72. The molecule has 0 atom stereocenters. The lowest BCUT2D eigenvalue weighted by atomic mass is 10.1. The van der Waals surface area contributed by atoms with E-state index in [1.54, 1.807) is 42.7 Å². The molecule has 1 saturated heterocycles. The molecule has 8 heteroatoms. The first-order chi connectivity index (χ1) is 12.1. The van der Waals surface area contributed by atoms with E-state index in [4.69, 9.17) is 10.5 Å². The predicted octanol–water partition coefficient (Wildman–Crippen LogP) is 1.03. The molecular weight excluding hydrogens is 322 g/mol. The highest BCUT2D eigenvalue weighted by Gasteiger charge is 2.23. The molecular formula is C17H19N5O3. The van der Waals surface area contributed by atoms with Crippen molar-refractivity contribution in [3.63, 3.8) is 0 Å². The number of rotatable bonds is 4. The van der Waals surface area contributed by atoms with Crippen LogP contribution in [0, 0.1) is 0 Å². The molecule has 0 unspecified atom stereocenters. The van der Waals surface area contributed by atoms with E-state index in [2.05, 4.69) is 14.9 Å². The molecule has 0 saturated carbocycles. The number of carbonyl (C=O) groups is 2. The Hall–Kier alpha value is -3.16. The third-order valence-corrected chi connectivity index (χ3v) is 3.98. The van der Waals surface area contributed by atoms with E-state index in [-0.39, 0.29) is 12.5 Å². The molecule has 0 spiro atoms. The van der Waals surface area contributed by atoms with Crippen LogP contribution in [0.15, 0.2) is 42.7 Å². The second-order valence-electron chi connectivity index (χ2n) is 5.63. The van der Waals surface area contributed by atoms with Gasteiger partial charge >= 0.3 is 6.09 Å². The molecule has 1 aliphatic heterocycles. The van der Waals surface area contributed by atoms with Gasteiger partial charge in [-0.25, -0.2) is 14.8 Å². The fourth-order valence-corrected chi connectivity index (χ4v) is 2.64. The van der Waals surface area contributed by atoms with Gasteiger partial charge in [0.25, 0.3) is 5.91 Å². The Morgan fingerprint density at radius 2 is 1.68 bits per heavy atom. The molecule has 25 heavy (non-hydrogen) atoms. The topological polar surface area (TPSA) is 102 Å². The van der Waals surface area contributed by atoms with Gasteiger partial charge in [-0.05, 0) is 23.8 Å². The van der Waals surface area contributed by atoms with Crippen molar-refractivity contribution in [3.8, 4) is 0 Å². The number of carbonyl (C=O) groups excluding carboxylic acids is 2. The standard InChI is InChI=1S/C17H19N5O3/c18-16(24)25-12-13-2-4-14(5-3-13)15(23)21-8-10-22(11-9-21)17-19-6-1-7-20-17/h1-7H,8-12H2,(H2,18,24). The average molecular weight is 341 g/mol. The highest BCUT2D eigenvalue weighted by Crippen LogP contribution is 2.13. The number of ether oxygens (including phenoxy) is 1. The number of nitrogens with two attached hydrogens (primary N) is 1. The van der Waals surface area contributed by atoms with Crippen LogP contribution in [-0.4, -0.2) is 53.0 Å². The molecule has 2 heterocycles. The third kappa shape index (κ3) is 4.23. The Bertz CT molecular complexity index is 728. The normalized spacial score (nSPS) is 14.2. The third-order valence-electron chi connectivity index (χ3n) is 3.98. The molecule has 0 bridgehead atoms. The number of nitrogens with zero attached hydrogens (tertiary/aromatic N) is 4. The second kappa shape index (κ2) is 7.61. The summed E-state index contributed by atoms with van der Waals surface area (Å²) in [4.78, 5) is 35.6. The maximum atomic E-state index is 12.6. The van der Waals surface area contributed by atoms with Crippen molar-refractivity contribution >= 4 is 17.9 Å². The number of amides is 2. The van der Waals surface area contributed by atoms with Gasteiger partial charge in [-0.1, -0.05) is 12.1 Å².